The lowest BCUT2D eigenvalue weighted by Gasteiger charge is -2.52. The molecule has 0 heterocycles. The maximum atomic E-state index is 2.54. The molecule has 0 N–H and O–H groups in total. The van der Waals surface area contributed by atoms with Gasteiger partial charge in [-0.15, -0.1) is 0 Å². The average molecular weight is 307 g/mol. The molecule has 0 aromatic rings. The summed E-state index contributed by atoms with van der Waals surface area (Å²) in [5.41, 5.74) is 0.912. The normalized spacial score (nSPS) is 25.9. The molecular weight excluding hydrogens is 264 g/mol. The monoisotopic (exact) mass is 306 g/mol. The molecule has 2 aliphatic carbocycles. The van der Waals surface area contributed by atoms with Crippen LogP contribution in [0, 0.1) is 34.5 Å². The molecule has 0 aromatic carbocycles. The first-order valence-corrected chi connectivity index (χ1v) is 10.2. The van der Waals surface area contributed by atoms with Gasteiger partial charge < -0.3 is 0 Å². The average Bonchev–Trinajstić information content (AvgIpc) is 2.44. The Morgan fingerprint density at radius 3 is 1.00 bits per heavy atom. The molecule has 0 bridgehead atoms. The highest BCUT2D eigenvalue weighted by Gasteiger charge is 2.46. The fraction of sp³-hybridized carbons (Fsp3) is 1.00. The molecular formula is C22H42. The first kappa shape index (κ1) is 18.3. The van der Waals surface area contributed by atoms with E-state index in [2.05, 4.69) is 41.5 Å². The van der Waals surface area contributed by atoms with Crippen molar-refractivity contribution < 1.29 is 0 Å². The van der Waals surface area contributed by atoms with Crippen LogP contribution in [0.15, 0.2) is 0 Å². The van der Waals surface area contributed by atoms with Crippen LogP contribution in [0.4, 0.5) is 0 Å². The van der Waals surface area contributed by atoms with E-state index in [1.165, 1.54) is 64.2 Å². The predicted molar refractivity (Wildman–Crippen MR) is 99.0 cm³/mol. The van der Waals surface area contributed by atoms with Crippen molar-refractivity contribution in [2.45, 2.75) is 106 Å². The number of hydrogen-bond acceptors (Lipinski definition) is 0. The lowest BCUT2D eigenvalue weighted by molar-refractivity contribution is -0.0331. The van der Waals surface area contributed by atoms with E-state index < -0.39 is 0 Å². The Kier molecular flexibility index (Phi) is 6.06. The largest absolute Gasteiger partial charge is 0.0599 e. The van der Waals surface area contributed by atoms with Gasteiger partial charge in [-0.1, -0.05) is 106 Å². The smallest absolute Gasteiger partial charge is 0.0301 e. The van der Waals surface area contributed by atoms with E-state index in [9.17, 15) is 0 Å². The summed E-state index contributed by atoms with van der Waals surface area (Å²) in [4.78, 5) is 0. The quantitative estimate of drug-likeness (QED) is 0.507. The van der Waals surface area contributed by atoms with Crippen molar-refractivity contribution >= 4 is 0 Å². The molecule has 2 rings (SSSR count). The van der Waals surface area contributed by atoms with Gasteiger partial charge in [-0.25, -0.2) is 0 Å². The maximum absolute atomic E-state index is 2.54. The van der Waals surface area contributed by atoms with Crippen LogP contribution in [0.3, 0.4) is 0 Å². The van der Waals surface area contributed by atoms with Gasteiger partial charge in [0.25, 0.3) is 0 Å². The topological polar surface area (TPSA) is 0 Å². The second kappa shape index (κ2) is 7.27. The lowest BCUT2D eigenvalue weighted by atomic mass is 9.53. The van der Waals surface area contributed by atoms with Crippen LogP contribution < -0.4 is 0 Å². The van der Waals surface area contributed by atoms with Crippen LogP contribution in [-0.2, 0) is 0 Å². The Labute approximate surface area is 140 Å². The van der Waals surface area contributed by atoms with E-state index >= 15 is 0 Å². The fourth-order valence-corrected chi connectivity index (χ4v) is 6.06. The molecule has 2 saturated carbocycles. The Bertz CT molecular complexity index is 281. The summed E-state index contributed by atoms with van der Waals surface area (Å²) in [7, 11) is 0. The summed E-state index contributed by atoms with van der Waals surface area (Å²) in [6.45, 7) is 15.2. The highest BCUT2D eigenvalue weighted by Crippen LogP contribution is 2.54. The zero-order chi connectivity index (χ0) is 16.4. The van der Waals surface area contributed by atoms with Gasteiger partial charge in [-0.2, -0.15) is 0 Å². The van der Waals surface area contributed by atoms with Crippen molar-refractivity contribution in [2.75, 3.05) is 0 Å². The van der Waals surface area contributed by atoms with E-state index in [0.717, 1.165) is 23.7 Å². The zero-order valence-corrected chi connectivity index (χ0v) is 16.4. The number of hydrogen-bond donors (Lipinski definition) is 0. The Balaban J connectivity index is 2.29. The highest BCUT2D eigenvalue weighted by atomic mass is 14.5. The van der Waals surface area contributed by atoms with Crippen LogP contribution in [0.1, 0.15) is 106 Å². The first-order valence-electron chi connectivity index (χ1n) is 10.2. The molecule has 0 heteroatoms. The van der Waals surface area contributed by atoms with Crippen LogP contribution in [0.5, 0.6) is 0 Å². The summed E-state index contributed by atoms with van der Waals surface area (Å²) in [6.07, 6.45) is 14.9. The molecule has 0 nitrogen and oxygen atoms in total. The van der Waals surface area contributed by atoms with Gasteiger partial charge in [0.2, 0.25) is 0 Å². The summed E-state index contributed by atoms with van der Waals surface area (Å²) in [5, 5.41) is 0. The Morgan fingerprint density at radius 1 is 0.500 bits per heavy atom. The van der Waals surface area contributed by atoms with Gasteiger partial charge in [-0.05, 0) is 34.5 Å². The molecule has 0 radical (unpaired) electrons. The standard InChI is InChI=1S/C22H42/c1-21(2,3)19(17-13-9-7-10-14-17)20(22(4,5)6)18-15-11-8-12-16-18/h17-20H,7-16H2,1-6H3. The molecule has 0 aliphatic heterocycles. The van der Waals surface area contributed by atoms with E-state index in [-0.39, 0.29) is 0 Å². The van der Waals surface area contributed by atoms with Crippen LogP contribution in [0.2, 0.25) is 0 Å². The summed E-state index contributed by atoms with van der Waals surface area (Å²) in [5.74, 6) is 3.80. The van der Waals surface area contributed by atoms with Gasteiger partial charge in [-0.3, -0.25) is 0 Å². The molecule has 130 valence electrons. The van der Waals surface area contributed by atoms with E-state index in [0.29, 0.717) is 10.8 Å². The third kappa shape index (κ3) is 4.51. The van der Waals surface area contributed by atoms with Crippen molar-refractivity contribution in [2.24, 2.45) is 34.5 Å². The third-order valence-electron chi connectivity index (χ3n) is 6.70. The SMILES string of the molecule is CC(C)(C)C(C1CCCCC1)C(C1CCCCC1)C(C)(C)C. The fourth-order valence-electron chi connectivity index (χ4n) is 6.06. The van der Waals surface area contributed by atoms with Crippen LogP contribution >= 0.6 is 0 Å². The third-order valence-corrected chi connectivity index (χ3v) is 6.70. The molecule has 2 atom stereocenters. The summed E-state index contributed by atoms with van der Waals surface area (Å²) in [6, 6.07) is 0. The van der Waals surface area contributed by atoms with Crippen molar-refractivity contribution in [1.29, 1.82) is 0 Å². The summed E-state index contributed by atoms with van der Waals surface area (Å²) < 4.78 is 0. The van der Waals surface area contributed by atoms with Gasteiger partial charge in [0.05, 0.1) is 0 Å². The van der Waals surface area contributed by atoms with Crippen molar-refractivity contribution in [3.63, 3.8) is 0 Å². The predicted octanol–water partition coefficient (Wildman–Crippen LogP) is 7.47. The van der Waals surface area contributed by atoms with Gasteiger partial charge >= 0.3 is 0 Å². The second-order valence-electron chi connectivity index (χ2n) is 10.6. The van der Waals surface area contributed by atoms with Crippen LogP contribution in [-0.4, -0.2) is 0 Å². The zero-order valence-electron chi connectivity index (χ0n) is 16.4. The maximum Gasteiger partial charge on any atom is -0.0301 e. The highest BCUT2D eigenvalue weighted by molar-refractivity contribution is 4.95. The Morgan fingerprint density at radius 2 is 0.773 bits per heavy atom. The molecule has 0 spiro atoms. The minimum atomic E-state index is 0.456. The first-order chi connectivity index (χ1) is 10.2. The minimum absolute atomic E-state index is 0.456. The van der Waals surface area contributed by atoms with Gasteiger partial charge in [0.15, 0.2) is 0 Å². The second-order valence-corrected chi connectivity index (χ2v) is 10.6. The molecule has 2 unspecified atom stereocenters. The molecule has 0 aromatic heterocycles. The van der Waals surface area contributed by atoms with E-state index in [4.69, 9.17) is 0 Å². The van der Waals surface area contributed by atoms with Crippen molar-refractivity contribution in [3.8, 4) is 0 Å². The lowest BCUT2D eigenvalue weighted by Crippen LogP contribution is -2.45. The summed E-state index contributed by atoms with van der Waals surface area (Å²) >= 11 is 0. The molecule has 0 amide bonds. The van der Waals surface area contributed by atoms with Gasteiger partial charge in [0, 0.05) is 0 Å². The van der Waals surface area contributed by atoms with Crippen molar-refractivity contribution in [3.05, 3.63) is 0 Å². The Hall–Kier alpha value is 0. The number of rotatable bonds is 3. The molecule has 2 fully saturated rings. The van der Waals surface area contributed by atoms with Crippen molar-refractivity contribution in [1.82, 2.24) is 0 Å². The minimum Gasteiger partial charge on any atom is -0.0599 e. The van der Waals surface area contributed by atoms with Gasteiger partial charge in [0.1, 0.15) is 0 Å². The van der Waals surface area contributed by atoms with Crippen LogP contribution in [0.25, 0.3) is 0 Å². The molecule has 2 aliphatic rings. The molecule has 0 saturated heterocycles. The van der Waals surface area contributed by atoms with E-state index in [1.54, 1.807) is 0 Å². The van der Waals surface area contributed by atoms with E-state index in [1.807, 2.05) is 0 Å². The molecule has 22 heavy (non-hydrogen) atoms.